The maximum atomic E-state index is 4.76. The molecule has 2 heteroatoms. The molecule has 0 aromatic heterocycles. The topological polar surface area (TPSA) is 6.25 Å². The minimum absolute atomic E-state index is 0.0969. The van der Waals surface area contributed by atoms with E-state index in [2.05, 4.69) is 139 Å². The van der Waals surface area contributed by atoms with E-state index in [1.807, 2.05) is 0 Å². The molecule has 3 aromatic carbocycles. The molecule has 0 saturated carbocycles. The third kappa shape index (κ3) is 5.10. The van der Waals surface area contributed by atoms with Gasteiger partial charge in [0.15, 0.2) is 0 Å². The molecule has 3 aromatic rings. The zero-order chi connectivity index (χ0) is 27.7. The Balaban J connectivity index is 2.05. The Kier molecular flexibility index (Phi) is 8.31. The molecule has 0 radical (unpaired) electrons. The molecule has 1 atom stereocenters. The fourth-order valence-electron chi connectivity index (χ4n) is 6.02. The van der Waals surface area contributed by atoms with Crippen LogP contribution in [-0.2, 0) is 6.42 Å². The van der Waals surface area contributed by atoms with Gasteiger partial charge in [-0.05, 0) is 40.4 Å². The maximum Gasteiger partial charge on any atom is 0.243 e. The minimum atomic E-state index is 0.0969. The summed E-state index contributed by atoms with van der Waals surface area (Å²) in [7, 11) is 0. The smallest absolute Gasteiger partial charge is 0.243 e. The van der Waals surface area contributed by atoms with Crippen LogP contribution in [0.4, 0.5) is 11.4 Å². The van der Waals surface area contributed by atoms with Gasteiger partial charge in [-0.3, -0.25) is 4.90 Å². The second-order valence-corrected chi connectivity index (χ2v) is 12.1. The van der Waals surface area contributed by atoms with Gasteiger partial charge >= 0.3 is 0 Å². The van der Waals surface area contributed by atoms with Crippen molar-refractivity contribution in [3.63, 3.8) is 0 Å². The Hall–Kier alpha value is -3.13. The molecule has 4 rings (SSSR count). The first kappa shape index (κ1) is 27.9. The minimum Gasteiger partial charge on any atom is -0.277 e. The van der Waals surface area contributed by atoms with Crippen LogP contribution in [0.2, 0.25) is 0 Å². The highest BCUT2D eigenvalue weighted by molar-refractivity contribution is 6.00. The van der Waals surface area contributed by atoms with Crippen LogP contribution in [-0.4, -0.2) is 16.5 Å². The summed E-state index contributed by atoms with van der Waals surface area (Å²) in [6.07, 6.45) is 1.00. The molecule has 0 amide bonds. The molecular weight excluding hydrogens is 460 g/mol. The van der Waals surface area contributed by atoms with Gasteiger partial charge in [-0.25, -0.2) is 0 Å². The summed E-state index contributed by atoms with van der Waals surface area (Å²) in [6, 6.07) is 24.7. The molecule has 1 unspecified atom stereocenters. The summed E-state index contributed by atoms with van der Waals surface area (Å²) in [5.74, 6) is 1.67. The summed E-state index contributed by atoms with van der Waals surface area (Å²) >= 11 is 0. The van der Waals surface area contributed by atoms with Crippen molar-refractivity contribution in [2.75, 3.05) is 4.90 Å². The predicted molar refractivity (Wildman–Crippen MR) is 165 cm³/mol. The molecule has 0 aliphatic carbocycles. The fourth-order valence-corrected chi connectivity index (χ4v) is 6.02. The maximum absolute atomic E-state index is 4.76. The van der Waals surface area contributed by atoms with Gasteiger partial charge < -0.3 is 0 Å². The molecule has 2 nitrogen and oxygen atoms in total. The van der Waals surface area contributed by atoms with Gasteiger partial charge in [0.25, 0.3) is 0 Å². The van der Waals surface area contributed by atoms with E-state index in [4.69, 9.17) is 6.58 Å². The van der Waals surface area contributed by atoms with Crippen molar-refractivity contribution in [2.45, 2.75) is 98.6 Å². The number of hydrogen-bond acceptors (Lipinski definition) is 1. The third-order valence-corrected chi connectivity index (χ3v) is 8.09. The molecule has 38 heavy (non-hydrogen) atoms. The molecule has 0 saturated heterocycles. The van der Waals surface area contributed by atoms with Crippen LogP contribution < -0.4 is 4.90 Å². The first-order valence-corrected chi connectivity index (χ1v) is 14.4. The number of hydrogen-bond donors (Lipinski definition) is 0. The van der Waals surface area contributed by atoms with Crippen LogP contribution in [0.15, 0.2) is 79.0 Å². The average molecular weight is 508 g/mol. The van der Waals surface area contributed by atoms with E-state index in [-0.39, 0.29) is 6.17 Å². The normalized spacial score (nSPS) is 16.2. The van der Waals surface area contributed by atoms with Gasteiger partial charge in [-0.1, -0.05) is 129 Å². The summed E-state index contributed by atoms with van der Waals surface area (Å²) in [6.45, 7) is 25.6. The van der Waals surface area contributed by atoms with Crippen LogP contribution in [0.3, 0.4) is 0 Å². The Labute approximate surface area is 231 Å². The van der Waals surface area contributed by atoms with E-state index >= 15 is 0 Å². The zero-order valence-corrected chi connectivity index (χ0v) is 25.0. The standard InChI is InChI=1S/C36H47N2/c1-23(2)30-18-14-19-31(24(3)4)35(30)37-27(9)28(10)38(34(37)22-29-16-12-11-13-17-29)36-32(25(5)6)20-15-21-33(36)26(7)8/h11-21,23-26,34H,9,22H2,1-8,10H3/q+1. The summed E-state index contributed by atoms with van der Waals surface area (Å²) in [5.41, 5.74) is 12.0. The van der Waals surface area contributed by atoms with Crippen molar-refractivity contribution in [1.82, 2.24) is 0 Å². The first-order valence-electron chi connectivity index (χ1n) is 14.4. The van der Waals surface area contributed by atoms with Gasteiger partial charge in [0, 0.05) is 18.1 Å². The number of nitrogens with zero attached hydrogens (tertiary/aromatic N) is 2. The van der Waals surface area contributed by atoms with Crippen LogP contribution in [0.5, 0.6) is 0 Å². The lowest BCUT2D eigenvalue weighted by Gasteiger charge is -2.31. The lowest BCUT2D eigenvalue weighted by molar-refractivity contribution is -0.476. The zero-order valence-electron chi connectivity index (χ0n) is 25.0. The third-order valence-electron chi connectivity index (χ3n) is 8.09. The van der Waals surface area contributed by atoms with E-state index in [0.717, 1.165) is 12.1 Å². The Morgan fingerprint density at radius 2 is 1.11 bits per heavy atom. The quantitative estimate of drug-likeness (QED) is 0.275. The highest BCUT2D eigenvalue weighted by Crippen LogP contribution is 2.45. The second kappa shape index (κ2) is 11.3. The highest BCUT2D eigenvalue weighted by Gasteiger charge is 2.46. The number of rotatable bonds is 8. The molecule has 0 spiro atoms. The number of allylic oxidation sites excluding steroid dienone is 1. The molecule has 0 bridgehead atoms. The van der Waals surface area contributed by atoms with Crippen molar-refractivity contribution in [3.05, 3.63) is 107 Å². The Bertz CT molecular complexity index is 1270. The highest BCUT2D eigenvalue weighted by atomic mass is 15.4. The van der Waals surface area contributed by atoms with E-state index < -0.39 is 0 Å². The monoisotopic (exact) mass is 507 g/mol. The van der Waals surface area contributed by atoms with Crippen LogP contribution in [0.1, 0.15) is 114 Å². The fraction of sp³-hybridized carbons (Fsp3) is 0.417. The molecule has 1 aliphatic heterocycles. The van der Waals surface area contributed by atoms with E-state index in [1.54, 1.807) is 0 Å². The van der Waals surface area contributed by atoms with Gasteiger partial charge in [0.05, 0.1) is 12.1 Å². The number of anilines is 1. The largest absolute Gasteiger partial charge is 0.277 e. The predicted octanol–water partition coefficient (Wildman–Crippen LogP) is 9.89. The Morgan fingerprint density at radius 1 is 0.658 bits per heavy atom. The molecule has 0 N–H and O–H groups in total. The molecule has 1 heterocycles. The summed E-state index contributed by atoms with van der Waals surface area (Å²) in [5, 5.41) is 0. The van der Waals surface area contributed by atoms with Gasteiger partial charge in [0.1, 0.15) is 5.70 Å². The van der Waals surface area contributed by atoms with Gasteiger partial charge in [0.2, 0.25) is 17.6 Å². The molecular formula is C36H47N2+. The van der Waals surface area contributed by atoms with Crippen molar-refractivity contribution >= 4 is 17.1 Å². The van der Waals surface area contributed by atoms with Crippen LogP contribution in [0.25, 0.3) is 0 Å². The van der Waals surface area contributed by atoms with Crippen LogP contribution in [0, 0.1) is 0 Å². The SMILES string of the molecule is C=C1C(C)=[N+](c2c(C(C)C)cccc2C(C)C)C(Cc2ccccc2)N1c1c(C(C)C)cccc1C(C)C. The first-order chi connectivity index (χ1) is 18.0. The summed E-state index contributed by atoms with van der Waals surface area (Å²) in [4.78, 5) is 2.58. The number of para-hydroxylation sites is 2. The lowest BCUT2D eigenvalue weighted by Crippen LogP contribution is -2.38. The van der Waals surface area contributed by atoms with E-state index in [9.17, 15) is 0 Å². The van der Waals surface area contributed by atoms with Crippen molar-refractivity contribution in [1.29, 1.82) is 0 Å². The van der Waals surface area contributed by atoms with Crippen molar-refractivity contribution < 1.29 is 4.58 Å². The molecule has 1 aliphatic rings. The molecule has 200 valence electrons. The average Bonchev–Trinajstić information content (AvgIpc) is 3.12. The second-order valence-electron chi connectivity index (χ2n) is 12.1. The summed E-state index contributed by atoms with van der Waals surface area (Å²) < 4.78 is 2.63. The van der Waals surface area contributed by atoms with Gasteiger partial charge in [-0.2, -0.15) is 4.58 Å². The van der Waals surface area contributed by atoms with E-state index in [1.165, 1.54) is 44.9 Å². The Morgan fingerprint density at radius 3 is 1.55 bits per heavy atom. The van der Waals surface area contributed by atoms with Crippen LogP contribution >= 0.6 is 0 Å². The molecule has 0 fully saturated rings. The number of benzene rings is 3. The lowest BCUT2D eigenvalue weighted by atomic mass is 9.90. The van der Waals surface area contributed by atoms with E-state index in [0.29, 0.717) is 23.7 Å². The van der Waals surface area contributed by atoms with Gasteiger partial charge in [-0.15, -0.1) is 0 Å². The van der Waals surface area contributed by atoms with Crippen molar-refractivity contribution in [2.24, 2.45) is 0 Å². The van der Waals surface area contributed by atoms with Crippen molar-refractivity contribution in [3.8, 4) is 0 Å².